The average Bonchev–Trinajstić information content (AvgIpc) is 3.30. The van der Waals surface area contributed by atoms with Gasteiger partial charge in [0.1, 0.15) is 5.75 Å². The summed E-state index contributed by atoms with van der Waals surface area (Å²) >= 11 is 0. The Bertz CT molecular complexity index is 1100. The molecule has 1 atom stereocenters. The van der Waals surface area contributed by atoms with E-state index in [1.165, 1.54) is 11.1 Å². The van der Waals surface area contributed by atoms with Gasteiger partial charge in [0, 0.05) is 31.7 Å². The van der Waals surface area contributed by atoms with Crippen molar-refractivity contribution in [2.75, 3.05) is 39.8 Å². The summed E-state index contributed by atoms with van der Waals surface area (Å²) in [6.07, 6.45) is 0. The van der Waals surface area contributed by atoms with Crippen molar-refractivity contribution >= 4 is 5.91 Å². The topological polar surface area (TPSA) is 83.7 Å². The minimum atomic E-state index is -0.00878. The van der Waals surface area contributed by atoms with Crippen LogP contribution in [0.1, 0.15) is 35.5 Å². The highest BCUT2D eigenvalue weighted by Gasteiger charge is 2.22. The van der Waals surface area contributed by atoms with Crippen LogP contribution in [0.15, 0.2) is 47.0 Å². The van der Waals surface area contributed by atoms with Crippen LogP contribution in [0.4, 0.5) is 0 Å². The van der Waals surface area contributed by atoms with Gasteiger partial charge < -0.3 is 14.6 Å². The second kappa shape index (κ2) is 10.8. The molecule has 0 saturated carbocycles. The van der Waals surface area contributed by atoms with Crippen molar-refractivity contribution < 1.29 is 14.1 Å². The number of piperazine rings is 1. The minimum Gasteiger partial charge on any atom is -0.497 e. The summed E-state index contributed by atoms with van der Waals surface area (Å²) in [5, 5.41) is 7.24. The summed E-state index contributed by atoms with van der Waals surface area (Å²) < 4.78 is 10.7. The predicted molar refractivity (Wildman–Crippen MR) is 130 cm³/mol. The number of hydrogen-bond acceptors (Lipinski definition) is 7. The molecule has 4 rings (SSSR count). The molecule has 2 heterocycles. The molecule has 8 heteroatoms. The Balaban J connectivity index is 1.22. The number of aryl methyl sites for hydroxylation is 2. The monoisotopic (exact) mass is 463 g/mol. The zero-order chi connectivity index (χ0) is 24.1. The van der Waals surface area contributed by atoms with Gasteiger partial charge in [-0.15, -0.1) is 0 Å². The Hall–Kier alpha value is -3.23. The van der Waals surface area contributed by atoms with Crippen molar-refractivity contribution in [3.63, 3.8) is 0 Å². The van der Waals surface area contributed by atoms with E-state index in [-0.39, 0.29) is 11.9 Å². The molecule has 1 saturated heterocycles. The lowest BCUT2D eigenvalue weighted by molar-refractivity contribution is -0.123. The first-order valence-corrected chi connectivity index (χ1v) is 11.7. The lowest BCUT2D eigenvalue weighted by atomic mass is 10.0. The van der Waals surface area contributed by atoms with Crippen molar-refractivity contribution in [1.29, 1.82) is 0 Å². The Kier molecular flexibility index (Phi) is 7.59. The van der Waals surface area contributed by atoms with Gasteiger partial charge >= 0.3 is 0 Å². The van der Waals surface area contributed by atoms with E-state index < -0.39 is 0 Å². The molecule has 34 heavy (non-hydrogen) atoms. The van der Waals surface area contributed by atoms with E-state index >= 15 is 0 Å². The highest BCUT2D eigenvalue weighted by Crippen LogP contribution is 2.20. The molecule has 0 spiro atoms. The van der Waals surface area contributed by atoms with Crippen LogP contribution in [0.25, 0.3) is 11.4 Å². The van der Waals surface area contributed by atoms with Crippen LogP contribution < -0.4 is 10.1 Å². The van der Waals surface area contributed by atoms with Crippen LogP contribution in [0, 0.1) is 13.8 Å². The number of amides is 1. The number of nitrogens with one attached hydrogen (secondary N) is 1. The molecule has 1 fully saturated rings. The molecule has 0 bridgehead atoms. The Morgan fingerprint density at radius 2 is 1.76 bits per heavy atom. The number of methoxy groups -OCH3 is 1. The summed E-state index contributed by atoms with van der Waals surface area (Å²) in [4.78, 5) is 21.6. The molecule has 180 valence electrons. The summed E-state index contributed by atoms with van der Waals surface area (Å²) in [5.74, 6) is 2.02. The number of benzene rings is 2. The van der Waals surface area contributed by atoms with E-state index in [0.29, 0.717) is 24.8 Å². The second-order valence-electron chi connectivity index (χ2n) is 8.93. The third-order valence-electron chi connectivity index (χ3n) is 6.42. The quantitative estimate of drug-likeness (QED) is 0.548. The Labute approximate surface area is 200 Å². The van der Waals surface area contributed by atoms with Crippen molar-refractivity contribution in [2.45, 2.75) is 33.4 Å². The third kappa shape index (κ3) is 6.01. The number of hydrogen-bond donors (Lipinski definition) is 1. The summed E-state index contributed by atoms with van der Waals surface area (Å²) in [5.41, 5.74) is 4.53. The number of rotatable bonds is 8. The second-order valence-corrected chi connectivity index (χ2v) is 8.93. The first-order chi connectivity index (χ1) is 16.4. The molecule has 2 aromatic carbocycles. The number of carbonyl (C=O) groups is 1. The van der Waals surface area contributed by atoms with Gasteiger partial charge in [-0.25, -0.2) is 0 Å². The largest absolute Gasteiger partial charge is 0.497 e. The smallest absolute Gasteiger partial charge is 0.241 e. The van der Waals surface area contributed by atoms with Gasteiger partial charge in [-0.2, -0.15) is 4.98 Å². The van der Waals surface area contributed by atoms with Gasteiger partial charge in [-0.05, 0) is 61.7 Å². The first-order valence-electron chi connectivity index (χ1n) is 11.7. The SMILES string of the molecule is COc1ccc(-c2noc(CN3CCN(CC(=O)NC(C)c4ccc(C)c(C)c4)CC3)n2)cc1. The van der Waals surface area contributed by atoms with Gasteiger partial charge in [-0.3, -0.25) is 14.6 Å². The Morgan fingerprint density at radius 3 is 2.44 bits per heavy atom. The fraction of sp³-hybridized carbons (Fsp3) is 0.423. The van der Waals surface area contributed by atoms with Gasteiger partial charge in [0.15, 0.2) is 0 Å². The van der Waals surface area contributed by atoms with E-state index in [1.807, 2.05) is 31.2 Å². The summed E-state index contributed by atoms with van der Waals surface area (Å²) in [6.45, 7) is 10.6. The average molecular weight is 464 g/mol. The maximum absolute atomic E-state index is 12.6. The minimum absolute atomic E-state index is 0.00878. The lowest BCUT2D eigenvalue weighted by Crippen LogP contribution is -2.49. The van der Waals surface area contributed by atoms with E-state index in [0.717, 1.165) is 43.1 Å². The van der Waals surface area contributed by atoms with Crippen LogP contribution in [0.5, 0.6) is 5.75 Å². The highest BCUT2D eigenvalue weighted by atomic mass is 16.5. The molecule has 1 aliphatic heterocycles. The third-order valence-corrected chi connectivity index (χ3v) is 6.42. The van der Waals surface area contributed by atoms with Gasteiger partial charge in [0.25, 0.3) is 0 Å². The van der Waals surface area contributed by atoms with Crippen LogP contribution in [-0.2, 0) is 11.3 Å². The maximum atomic E-state index is 12.6. The maximum Gasteiger partial charge on any atom is 0.241 e. The van der Waals surface area contributed by atoms with Crippen LogP contribution in [0.3, 0.4) is 0 Å². The number of nitrogens with zero attached hydrogens (tertiary/aromatic N) is 4. The molecule has 1 unspecified atom stereocenters. The summed E-state index contributed by atoms with van der Waals surface area (Å²) in [6, 6.07) is 13.9. The van der Waals surface area contributed by atoms with E-state index in [2.05, 4.69) is 57.3 Å². The van der Waals surface area contributed by atoms with Gasteiger partial charge in [0.2, 0.25) is 17.6 Å². The normalized spacial score (nSPS) is 15.8. The predicted octanol–water partition coefficient (Wildman–Crippen LogP) is 3.36. The molecule has 1 aromatic heterocycles. The van der Waals surface area contributed by atoms with E-state index in [9.17, 15) is 4.79 Å². The number of aromatic nitrogens is 2. The molecule has 1 amide bonds. The van der Waals surface area contributed by atoms with Gasteiger partial charge in [0.05, 0.1) is 26.2 Å². The molecule has 1 aliphatic rings. The molecule has 3 aromatic rings. The first kappa shape index (κ1) is 23.9. The highest BCUT2D eigenvalue weighted by molar-refractivity contribution is 5.78. The fourth-order valence-electron chi connectivity index (χ4n) is 4.08. The Morgan fingerprint density at radius 1 is 1.06 bits per heavy atom. The van der Waals surface area contributed by atoms with Gasteiger partial charge in [-0.1, -0.05) is 23.4 Å². The molecular formula is C26H33N5O3. The molecule has 0 aliphatic carbocycles. The zero-order valence-corrected chi connectivity index (χ0v) is 20.4. The molecule has 0 radical (unpaired) electrons. The summed E-state index contributed by atoms with van der Waals surface area (Å²) in [7, 11) is 1.64. The van der Waals surface area contributed by atoms with Crippen molar-refractivity contribution in [3.05, 3.63) is 65.0 Å². The van der Waals surface area contributed by atoms with Crippen LogP contribution in [0.2, 0.25) is 0 Å². The number of ether oxygens (including phenoxy) is 1. The zero-order valence-electron chi connectivity index (χ0n) is 20.4. The number of carbonyl (C=O) groups excluding carboxylic acids is 1. The molecule has 1 N–H and O–H groups in total. The van der Waals surface area contributed by atoms with Crippen molar-refractivity contribution in [3.8, 4) is 17.1 Å². The molecular weight excluding hydrogens is 430 g/mol. The van der Waals surface area contributed by atoms with Crippen molar-refractivity contribution in [2.24, 2.45) is 0 Å². The standard InChI is InChI=1S/C26H33N5O3/c1-18-5-6-22(15-19(18)2)20(3)27-24(32)16-30-11-13-31(14-12-30)17-25-28-26(29-34-25)21-7-9-23(33-4)10-8-21/h5-10,15,20H,11-14,16-17H2,1-4H3,(H,27,32). The fourth-order valence-corrected chi connectivity index (χ4v) is 4.08. The lowest BCUT2D eigenvalue weighted by Gasteiger charge is -2.33. The van der Waals surface area contributed by atoms with Crippen LogP contribution in [-0.4, -0.2) is 65.7 Å². The van der Waals surface area contributed by atoms with Crippen molar-refractivity contribution in [1.82, 2.24) is 25.3 Å². The van der Waals surface area contributed by atoms with E-state index in [4.69, 9.17) is 9.26 Å². The molecule has 8 nitrogen and oxygen atoms in total. The van der Waals surface area contributed by atoms with E-state index in [1.54, 1.807) is 7.11 Å². The van der Waals surface area contributed by atoms with Crippen LogP contribution >= 0.6 is 0 Å².